The van der Waals surface area contributed by atoms with E-state index in [-0.39, 0.29) is 12.2 Å². The van der Waals surface area contributed by atoms with E-state index >= 15 is 0 Å². The summed E-state index contributed by atoms with van der Waals surface area (Å²) in [4.78, 5) is 23.9. The van der Waals surface area contributed by atoms with Gasteiger partial charge in [-0.2, -0.15) is 0 Å². The molecule has 0 heterocycles. The van der Waals surface area contributed by atoms with Gasteiger partial charge in [0.1, 0.15) is 11.6 Å². The molecule has 2 N–H and O–H groups in total. The number of amides is 2. The van der Waals surface area contributed by atoms with Crippen molar-refractivity contribution in [3.8, 4) is 5.75 Å². The lowest BCUT2D eigenvalue weighted by atomic mass is 10.0. The molecular formula is C22H19FN2O3. The number of ether oxygens (including phenoxy) is 1. The topological polar surface area (TPSA) is 67.4 Å². The minimum Gasteiger partial charge on any atom is -0.483 e. The molecule has 3 aromatic carbocycles. The Hall–Kier alpha value is -3.67. The summed E-state index contributed by atoms with van der Waals surface area (Å²) in [5, 5.41) is 0. The van der Waals surface area contributed by atoms with Crippen LogP contribution >= 0.6 is 0 Å². The van der Waals surface area contributed by atoms with Gasteiger partial charge >= 0.3 is 0 Å². The Labute approximate surface area is 162 Å². The van der Waals surface area contributed by atoms with Gasteiger partial charge in [0.15, 0.2) is 6.61 Å². The Bertz CT molecular complexity index is 961. The van der Waals surface area contributed by atoms with Crippen molar-refractivity contribution in [3.05, 3.63) is 101 Å². The van der Waals surface area contributed by atoms with Crippen LogP contribution in [0.1, 0.15) is 21.5 Å². The number of para-hydroxylation sites is 1. The Morgan fingerprint density at radius 1 is 0.821 bits per heavy atom. The van der Waals surface area contributed by atoms with Crippen molar-refractivity contribution >= 4 is 11.8 Å². The SMILES string of the molecule is O=C(COc1ccccc1Cc1ccccc1)NNC(=O)c1ccccc1F. The highest BCUT2D eigenvalue weighted by Gasteiger charge is 2.12. The number of benzene rings is 3. The first-order valence-corrected chi connectivity index (χ1v) is 8.72. The zero-order valence-corrected chi connectivity index (χ0v) is 15.0. The molecule has 3 aromatic rings. The highest BCUT2D eigenvalue weighted by atomic mass is 19.1. The predicted molar refractivity (Wildman–Crippen MR) is 103 cm³/mol. The second kappa shape index (κ2) is 9.32. The van der Waals surface area contributed by atoms with Gasteiger partial charge in [-0.25, -0.2) is 4.39 Å². The van der Waals surface area contributed by atoms with Crippen molar-refractivity contribution in [1.29, 1.82) is 0 Å². The Kier molecular flexibility index (Phi) is 6.36. The molecule has 0 unspecified atom stereocenters. The van der Waals surface area contributed by atoms with E-state index < -0.39 is 17.6 Å². The summed E-state index contributed by atoms with van der Waals surface area (Å²) < 4.78 is 19.2. The number of halogens is 1. The van der Waals surface area contributed by atoms with Gasteiger partial charge in [0.25, 0.3) is 11.8 Å². The van der Waals surface area contributed by atoms with Crippen LogP contribution in [0.15, 0.2) is 78.9 Å². The molecule has 0 spiro atoms. The van der Waals surface area contributed by atoms with Crippen LogP contribution in [0.3, 0.4) is 0 Å². The van der Waals surface area contributed by atoms with Gasteiger partial charge in [0, 0.05) is 6.42 Å². The van der Waals surface area contributed by atoms with Crippen LogP contribution in [-0.2, 0) is 11.2 Å². The summed E-state index contributed by atoms with van der Waals surface area (Å²) in [6.45, 7) is -0.288. The molecule has 0 aromatic heterocycles. The van der Waals surface area contributed by atoms with Gasteiger partial charge in [0.05, 0.1) is 5.56 Å². The standard InChI is InChI=1S/C22H19FN2O3/c23-19-12-6-5-11-18(19)22(27)25-24-21(26)15-28-20-13-7-4-10-17(20)14-16-8-2-1-3-9-16/h1-13H,14-15H2,(H,24,26)(H,25,27). The largest absolute Gasteiger partial charge is 0.483 e. The molecule has 0 aliphatic rings. The van der Waals surface area contributed by atoms with Crippen molar-refractivity contribution in [3.63, 3.8) is 0 Å². The lowest BCUT2D eigenvalue weighted by Crippen LogP contribution is -2.44. The molecule has 0 aliphatic heterocycles. The number of carbonyl (C=O) groups excluding carboxylic acids is 2. The summed E-state index contributed by atoms with van der Waals surface area (Å²) in [5.41, 5.74) is 6.30. The zero-order valence-electron chi connectivity index (χ0n) is 15.0. The molecule has 5 nitrogen and oxygen atoms in total. The van der Waals surface area contributed by atoms with Crippen LogP contribution in [0, 0.1) is 5.82 Å². The number of carbonyl (C=O) groups is 2. The molecule has 0 saturated heterocycles. The van der Waals surface area contributed by atoms with Crippen molar-refractivity contribution in [2.45, 2.75) is 6.42 Å². The molecular weight excluding hydrogens is 359 g/mol. The van der Waals surface area contributed by atoms with Crippen LogP contribution in [-0.4, -0.2) is 18.4 Å². The summed E-state index contributed by atoms with van der Waals surface area (Å²) in [6, 6.07) is 22.9. The monoisotopic (exact) mass is 378 g/mol. The van der Waals surface area contributed by atoms with Crippen LogP contribution in [0.5, 0.6) is 5.75 Å². The van der Waals surface area contributed by atoms with E-state index in [1.807, 2.05) is 48.5 Å². The van der Waals surface area contributed by atoms with Gasteiger partial charge in [-0.1, -0.05) is 60.7 Å². The molecule has 28 heavy (non-hydrogen) atoms. The van der Waals surface area contributed by atoms with Gasteiger partial charge in [-0.05, 0) is 29.3 Å². The molecule has 3 rings (SSSR count). The summed E-state index contributed by atoms with van der Waals surface area (Å²) in [7, 11) is 0. The third-order valence-corrected chi connectivity index (χ3v) is 4.00. The van der Waals surface area contributed by atoms with Crippen molar-refractivity contribution in [1.82, 2.24) is 10.9 Å². The number of rotatable bonds is 6. The molecule has 6 heteroatoms. The quantitative estimate of drug-likeness (QED) is 0.647. The van der Waals surface area contributed by atoms with Crippen molar-refractivity contribution in [2.24, 2.45) is 0 Å². The first kappa shape index (κ1) is 19.1. The fraction of sp³-hybridized carbons (Fsp3) is 0.0909. The lowest BCUT2D eigenvalue weighted by molar-refractivity contribution is -0.123. The minimum atomic E-state index is -0.740. The molecule has 2 amide bonds. The summed E-state index contributed by atoms with van der Waals surface area (Å²) in [5.74, 6) is -1.38. The third kappa shape index (κ3) is 5.17. The predicted octanol–water partition coefficient (Wildman–Crippen LogP) is 3.26. The van der Waals surface area contributed by atoms with Crippen LogP contribution in [0.25, 0.3) is 0 Å². The molecule has 0 bridgehead atoms. The molecule has 0 atom stereocenters. The minimum absolute atomic E-state index is 0.156. The number of hydrogen-bond acceptors (Lipinski definition) is 3. The fourth-order valence-electron chi connectivity index (χ4n) is 2.63. The van der Waals surface area contributed by atoms with E-state index in [2.05, 4.69) is 10.9 Å². The number of hydrogen-bond donors (Lipinski definition) is 2. The average molecular weight is 378 g/mol. The van der Waals surface area contributed by atoms with Crippen molar-refractivity contribution in [2.75, 3.05) is 6.61 Å². The number of nitrogens with one attached hydrogen (secondary N) is 2. The molecule has 0 fully saturated rings. The highest BCUT2D eigenvalue weighted by molar-refractivity contribution is 5.95. The highest BCUT2D eigenvalue weighted by Crippen LogP contribution is 2.21. The maximum absolute atomic E-state index is 13.6. The van der Waals surface area contributed by atoms with Crippen molar-refractivity contribution < 1.29 is 18.7 Å². The lowest BCUT2D eigenvalue weighted by Gasteiger charge is -2.12. The first-order chi connectivity index (χ1) is 13.6. The number of hydrazine groups is 1. The maximum Gasteiger partial charge on any atom is 0.276 e. The summed E-state index contributed by atoms with van der Waals surface area (Å²) in [6.07, 6.45) is 0.669. The molecule has 142 valence electrons. The Morgan fingerprint density at radius 2 is 1.50 bits per heavy atom. The zero-order chi connectivity index (χ0) is 19.8. The van der Waals surface area contributed by atoms with Crippen LogP contribution < -0.4 is 15.6 Å². The van der Waals surface area contributed by atoms with E-state index in [4.69, 9.17) is 4.74 Å². The van der Waals surface area contributed by atoms with Gasteiger partial charge in [-0.3, -0.25) is 20.4 Å². The Balaban J connectivity index is 1.54. The third-order valence-electron chi connectivity index (χ3n) is 4.00. The van der Waals surface area contributed by atoms with Crippen LogP contribution in [0.2, 0.25) is 0 Å². The fourth-order valence-corrected chi connectivity index (χ4v) is 2.63. The van der Waals surface area contributed by atoms with Gasteiger partial charge in [-0.15, -0.1) is 0 Å². The second-order valence-electron chi connectivity index (χ2n) is 6.04. The second-order valence-corrected chi connectivity index (χ2v) is 6.04. The van der Waals surface area contributed by atoms with E-state index in [1.165, 1.54) is 24.3 Å². The van der Waals surface area contributed by atoms with Crippen LogP contribution in [0.4, 0.5) is 4.39 Å². The smallest absolute Gasteiger partial charge is 0.276 e. The normalized spacial score (nSPS) is 10.2. The molecule has 0 aliphatic carbocycles. The average Bonchev–Trinajstić information content (AvgIpc) is 2.72. The maximum atomic E-state index is 13.6. The van der Waals surface area contributed by atoms with E-state index in [0.717, 1.165) is 11.1 Å². The van der Waals surface area contributed by atoms with E-state index in [0.29, 0.717) is 12.2 Å². The van der Waals surface area contributed by atoms with E-state index in [9.17, 15) is 14.0 Å². The molecule has 0 radical (unpaired) electrons. The van der Waals surface area contributed by atoms with E-state index in [1.54, 1.807) is 6.07 Å². The first-order valence-electron chi connectivity index (χ1n) is 8.72. The summed E-state index contributed by atoms with van der Waals surface area (Å²) >= 11 is 0. The van der Waals surface area contributed by atoms with Gasteiger partial charge < -0.3 is 4.74 Å². The molecule has 0 saturated carbocycles. The van der Waals surface area contributed by atoms with Gasteiger partial charge in [0.2, 0.25) is 0 Å². The Morgan fingerprint density at radius 3 is 2.29 bits per heavy atom.